The first-order valence-corrected chi connectivity index (χ1v) is 5.66. The van der Waals surface area contributed by atoms with E-state index in [1.165, 1.54) is 13.2 Å². The molecule has 2 nitrogen and oxygen atoms in total. The lowest BCUT2D eigenvalue weighted by molar-refractivity contribution is 0.397. The van der Waals surface area contributed by atoms with E-state index in [2.05, 4.69) is 0 Å². The monoisotopic (exact) mass is 241 g/mol. The van der Waals surface area contributed by atoms with Gasteiger partial charge in [0.05, 0.1) is 7.11 Å². The summed E-state index contributed by atoms with van der Waals surface area (Å²) in [5, 5.41) is 0. The Hall–Kier alpha value is -1.16. The fraction of sp³-hybridized carbons (Fsp3) is 0.538. The number of hydrogen-bond donors (Lipinski definition) is 1. The van der Waals surface area contributed by atoms with Gasteiger partial charge in [0, 0.05) is 23.6 Å². The molecule has 0 radical (unpaired) electrons. The first-order chi connectivity index (χ1) is 7.93. The van der Waals surface area contributed by atoms with Crippen molar-refractivity contribution >= 4 is 0 Å². The van der Waals surface area contributed by atoms with Crippen LogP contribution in [0.2, 0.25) is 0 Å². The van der Waals surface area contributed by atoms with Crippen LogP contribution in [0, 0.1) is 23.0 Å². The quantitative estimate of drug-likeness (QED) is 0.883. The second-order valence-electron chi connectivity index (χ2n) is 5.14. The van der Waals surface area contributed by atoms with Crippen LogP contribution in [0.25, 0.3) is 0 Å². The molecule has 2 N–H and O–H groups in total. The number of ether oxygens (including phenoxy) is 1. The summed E-state index contributed by atoms with van der Waals surface area (Å²) in [7, 11) is 1.42. The molecule has 17 heavy (non-hydrogen) atoms. The van der Waals surface area contributed by atoms with E-state index in [1.807, 2.05) is 13.8 Å². The molecule has 1 aliphatic rings. The second-order valence-corrected chi connectivity index (χ2v) is 5.14. The average molecular weight is 241 g/mol. The van der Waals surface area contributed by atoms with Crippen LogP contribution < -0.4 is 10.5 Å². The van der Waals surface area contributed by atoms with Gasteiger partial charge in [-0.2, -0.15) is 0 Å². The topological polar surface area (TPSA) is 35.2 Å². The smallest absolute Gasteiger partial charge is 0.133 e. The zero-order valence-corrected chi connectivity index (χ0v) is 10.3. The summed E-state index contributed by atoms with van der Waals surface area (Å²) >= 11 is 0. The first-order valence-electron chi connectivity index (χ1n) is 5.66. The zero-order valence-electron chi connectivity index (χ0n) is 10.3. The number of nitrogens with two attached hydrogens (primary N) is 1. The molecular weight excluding hydrogens is 224 g/mol. The first kappa shape index (κ1) is 12.3. The molecule has 2 unspecified atom stereocenters. The summed E-state index contributed by atoms with van der Waals surface area (Å²) in [6.07, 6.45) is 0. The zero-order chi connectivity index (χ0) is 12.8. The van der Waals surface area contributed by atoms with E-state index in [4.69, 9.17) is 10.5 Å². The van der Waals surface area contributed by atoms with E-state index < -0.39 is 11.6 Å². The molecule has 0 saturated heterocycles. The molecule has 1 fully saturated rings. The maximum absolute atomic E-state index is 13.9. The minimum atomic E-state index is -0.620. The lowest BCUT2D eigenvalue weighted by Crippen LogP contribution is -2.05. The van der Waals surface area contributed by atoms with Gasteiger partial charge in [0.1, 0.15) is 17.4 Å². The maximum Gasteiger partial charge on any atom is 0.133 e. The molecule has 0 bridgehead atoms. The predicted octanol–water partition coefficient (Wildman–Crippen LogP) is 2.67. The highest BCUT2D eigenvalue weighted by atomic mass is 19.1. The van der Waals surface area contributed by atoms with Crippen LogP contribution in [0.4, 0.5) is 8.78 Å². The Balaban J connectivity index is 2.47. The standard InChI is InChI=1S/C13H17F2NO/c1-13(2)8(6-16)12(13)11-9(15)4-7(14)5-10(11)17-3/h4-5,8,12H,6,16H2,1-3H3. The highest BCUT2D eigenvalue weighted by Gasteiger charge is 2.59. The van der Waals surface area contributed by atoms with Gasteiger partial charge in [0.25, 0.3) is 0 Å². The lowest BCUT2D eigenvalue weighted by Gasteiger charge is -2.11. The Kier molecular flexibility index (Phi) is 2.86. The van der Waals surface area contributed by atoms with Gasteiger partial charge in [-0.25, -0.2) is 8.78 Å². The molecule has 1 aromatic carbocycles. The van der Waals surface area contributed by atoms with Crippen LogP contribution >= 0.6 is 0 Å². The molecule has 0 amide bonds. The van der Waals surface area contributed by atoms with Gasteiger partial charge in [-0.05, 0) is 17.9 Å². The van der Waals surface area contributed by atoms with Crippen molar-refractivity contribution in [3.63, 3.8) is 0 Å². The molecule has 0 spiro atoms. The fourth-order valence-corrected chi connectivity index (χ4v) is 2.79. The van der Waals surface area contributed by atoms with Crippen molar-refractivity contribution in [2.24, 2.45) is 17.1 Å². The Morgan fingerprint density at radius 1 is 1.35 bits per heavy atom. The van der Waals surface area contributed by atoms with Crippen LogP contribution in [-0.4, -0.2) is 13.7 Å². The second kappa shape index (κ2) is 3.95. The Morgan fingerprint density at radius 2 is 2.00 bits per heavy atom. The van der Waals surface area contributed by atoms with Crippen molar-refractivity contribution in [3.8, 4) is 5.75 Å². The van der Waals surface area contributed by atoms with Gasteiger partial charge in [-0.15, -0.1) is 0 Å². The van der Waals surface area contributed by atoms with Gasteiger partial charge in [0.15, 0.2) is 0 Å². The van der Waals surface area contributed by atoms with E-state index in [0.29, 0.717) is 12.1 Å². The van der Waals surface area contributed by atoms with E-state index >= 15 is 0 Å². The molecule has 0 aliphatic heterocycles. The van der Waals surface area contributed by atoms with Crippen molar-refractivity contribution < 1.29 is 13.5 Å². The Morgan fingerprint density at radius 3 is 2.47 bits per heavy atom. The van der Waals surface area contributed by atoms with Crippen LogP contribution in [-0.2, 0) is 0 Å². The van der Waals surface area contributed by atoms with Gasteiger partial charge in [0.2, 0.25) is 0 Å². The van der Waals surface area contributed by atoms with Crippen molar-refractivity contribution in [1.82, 2.24) is 0 Å². The highest BCUT2D eigenvalue weighted by Crippen LogP contribution is 2.65. The van der Waals surface area contributed by atoms with Crippen LogP contribution in [0.5, 0.6) is 5.75 Å². The average Bonchev–Trinajstić information content (AvgIpc) is 2.79. The lowest BCUT2D eigenvalue weighted by atomic mass is 10.0. The number of methoxy groups -OCH3 is 1. The van der Waals surface area contributed by atoms with Gasteiger partial charge in [-0.3, -0.25) is 0 Å². The van der Waals surface area contributed by atoms with Crippen molar-refractivity contribution in [1.29, 1.82) is 0 Å². The number of rotatable bonds is 3. The molecule has 2 rings (SSSR count). The van der Waals surface area contributed by atoms with Gasteiger partial charge in [-0.1, -0.05) is 13.8 Å². The SMILES string of the molecule is COc1cc(F)cc(F)c1C1C(CN)C1(C)C. The number of halogens is 2. The third-order valence-electron chi connectivity index (χ3n) is 3.89. The van der Waals surface area contributed by atoms with Crippen molar-refractivity contribution in [2.75, 3.05) is 13.7 Å². The Labute approximate surface area is 99.8 Å². The van der Waals surface area contributed by atoms with E-state index in [0.717, 1.165) is 6.07 Å². The Bertz CT molecular complexity index is 445. The molecule has 0 aromatic heterocycles. The number of hydrogen-bond acceptors (Lipinski definition) is 2. The van der Waals surface area contributed by atoms with E-state index in [-0.39, 0.29) is 23.0 Å². The van der Waals surface area contributed by atoms with Crippen molar-refractivity contribution in [2.45, 2.75) is 19.8 Å². The summed E-state index contributed by atoms with van der Waals surface area (Å²) < 4.78 is 32.1. The summed E-state index contributed by atoms with van der Waals surface area (Å²) in [5.41, 5.74) is 6.07. The summed E-state index contributed by atoms with van der Waals surface area (Å²) in [6.45, 7) is 4.58. The minimum Gasteiger partial charge on any atom is -0.496 e. The third kappa shape index (κ3) is 1.80. The molecule has 1 saturated carbocycles. The molecule has 94 valence electrons. The minimum absolute atomic E-state index is 0.00282. The van der Waals surface area contributed by atoms with Gasteiger partial charge < -0.3 is 10.5 Å². The molecule has 2 atom stereocenters. The number of benzene rings is 1. The molecule has 1 aromatic rings. The normalized spacial score (nSPS) is 25.8. The van der Waals surface area contributed by atoms with Crippen LogP contribution in [0.3, 0.4) is 0 Å². The van der Waals surface area contributed by atoms with E-state index in [1.54, 1.807) is 0 Å². The fourth-order valence-electron chi connectivity index (χ4n) is 2.79. The molecule has 1 aliphatic carbocycles. The molecule has 0 heterocycles. The summed E-state index contributed by atoms with van der Waals surface area (Å²) in [5.74, 6) is -0.669. The summed E-state index contributed by atoms with van der Waals surface area (Å²) in [4.78, 5) is 0. The highest BCUT2D eigenvalue weighted by molar-refractivity contribution is 5.44. The molecular formula is C13H17F2NO. The maximum atomic E-state index is 13.9. The van der Waals surface area contributed by atoms with E-state index in [9.17, 15) is 8.78 Å². The molecule has 4 heteroatoms. The largest absolute Gasteiger partial charge is 0.496 e. The van der Waals surface area contributed by atoms with Gasteiger partial charge >= 0.3 is 0 Å². The van der Waals surface area contributed by atoms with Crippen LogP contribution in [0.15, 0.2) is 12.1 Å². The predicted molar refractivity (Wildman–Crippen MR) is 62.0 cm³/mol. The third-order valence-corrected chi connectivity index (χ3v) is 3.89. The van der Waals surface area contributed by atoms with Crippen molar-refractivity contribution in [3.05, 3.63) is 29.3 Å². The summed E-state index contributed by atoms with van der Waals surface area (Å²) in [6, 6.07) is 2.13. The van der Waals surface area contributed by atoms with Crippen LogP contribution in [0.1, 0.15) is 25.3 Å².